The van der Waals surface area contributed by atoms with Gasteiger partial charge in [-0.1, -0.05) is 17.7 Å². The Balaban J connectivity index is 1.70. The van der Waals surface area contributed by atoms with Crippen molar-refractivity contribution in [3.05, 3.63) is 75.2 Å². The Bertz CT molecular complexity index is 1030. The van der Waals surface area contributed by atoms with Crippen LogP contribution < -0.4 is 15.0 Å². The van der Waals surface area contributed by atoms with E-state index in [2.05, 4.69) is 34.3 Å². The molecule has 0 radical (unpaired) electrons. The maximum absolute atomic E-state index is 6.52. The number of anilines is 1. The van der Waals surface area contributed by atoms with Gasteiger partial charge in [0.2, 0.25) is 0 Å². The Morgan fingerprint density at radius 3 is 2.73 bits per heavy atom. The lowest BCUT2D eigenvalue weighted by Gasteiger charge is -2.27. The van der Waals surface area contributed by atoms with E-state index in [1.54, 1.807) is 18.4 Å². The Morgan fingerprint density at radius 1 is 1.20 bits per heavy atom. The van der Waals surface area contributed by atoms with Gasteiger partial charge in [0.1, 0.15) is 12.4 Å². The third-order valence-electron chi connectivity index (χ3n) is 4.89. The van der Waals surface area contributed by atoms with Crippen LogP contribution in [0.2, 0.25) is 5.02 Å². The van der Waals surface area contributed by atoms with Crippen molar-refractivity contribution >= 4 is 46.0 Å². The molecule has 2 aromatic heterocycles. The normalized spacial score (nSPS) is 18.5. The van der Waals surface area contributed by atoms with Crippen LogP contribution in [0, 0.1) is 6.92 Å². The van der Waals surface area contributed by atoms with Gasteiger partial charge in [-0.15, -0.1) is 11.3 Å². The molecule has 0 amide bonds. The summed E-state index contributed by atoms with van der Waals surface area (Å²) in [6.07, 6.45) is 1.81. The van der Waals surface area contributed by atoms with Crippen LogP contribution in [0.3, 0.4) is 0 Å². The molecule has 0 aliphatic carbocycles. The van der Waals surface area contributed by atoms with Crippen molar-refractivity contribution in [2.75, 3.05) is 25.2 Å². The minimum atomic E-state index is -0.0619. The average Bonchev–Trinajstić information content (AvgIpc) is 3.33. The number of hydrogen-bond acceptors (Lipinski definition) is 5. The summed E-state index contributed by atoms with van der Waals surface area (Å²) >= 11 is 14.0. The second kappa shape index (κ2) is 9.31. The van der Waals surface area contributed by atoms with Gasteiger partial charge in [0, 0.05) is 28.7 Å². The zero-order valence-electron chi connectivity index (χ0n) is 16.7. The molecular formula is C22H22ClN3O2S2. The summed E-state index contributed by atoms with van der Waals surface area (Å²) in [5.41, 5.74) is 1.86. The van der Waals surface area contributed by atoms with E-state index in [-0.39, 0.29) is 12.1 Å². The monoisotopic (exact) mass is 459 g/mol. The molecule has 30 heavy (non-hydrogen) atoms. The molecule has 1 saturated heterocycles. The van der Waals surface area contributed by atoms with Crippen LogP contribution in [0.25, 0.3) is 0 Å². The van der Waals surface area contributed by atoms with E-state index in [0.29, 0.717) is 29.1 Å². The number of methoxy groups -OCH3 is 1. The van der Waals surface area contributed by atoms with Crippen LogP contribution in [0.5, 0.6) is 5.75 Å². The number of rotatable bonds is 7. The summed E-state index contributed by atoms with van der Waals surface area (Å²) in [5, 5.41) is 4.64. The van der Waals surface area contributed by atoms with Crippen molar-refractivity contribution in [2.45, 2.75) is 19.0 Å². The van der Waals surface area contributed by atoms with E-state index in [1.165, 1.54) is 9.75 Å². The topological polar surface area (TPSA) is 46.6 Å². The number of thiophene rings is 1. The number of aryl methyl sites for hydroxylation is 1. The van der Waals surface area contributed by atoms with Crippen LogP contribution in [0.15, 0.2) is 54.7 Å². The smallest absolute Gasteiger partial charge is 0.174 e. The summed E-state index contributed by atoms with van der Waals surface area (Å²) < 4.78 is 10.7. The zero-order valence-corrected chi connectivity index (χ0v) is 19.1. The lowest BCUT2D eigenvalue weighted by molar-refractivity contribution is 0.146. The van der Waals surface area contributed by atoms with E-state index in [0.717, 1.165) is 11.4 Å². The van der Waals surface area contributed by atoms with Gasteiger partial charge in [0.25, 0.3) is 0 Å². The van der Waals surface area contributed by atoms with E-state index in [1.807, 2.05) is 42.6 Å². The van der Waals surface area contributed by atoms with E-state index in [9.17, 15) is 0 Å². The van der Waals surface area contributed by atoms with Gasteiger partial charge in [0.15, 0.2) is 5.11 Å². The Kier molecular flexibility index (Phi) is 6.53. The summed E-state index contributed by atoms with van der Waals surface area (Å²) in [5.74, 6) is 0.625. The van der Waals surface area contributed by atoms with Crippen molar-refractivity contribution in [1.82, 2.24) is 10.3 Å². The molecule has 3 aromatic rings. The lowest BCUT2D eigenvalue weighted by atomic mass is 10.0. The fraction of sp³-hybridized carbons (Fsp3) is 0.273. The molecule has 5 nitrogen and oxygen atoms in total. The van der Waals surface area contributed by atoms with Gasteiger partial charge in [-0.05, 0) is 61.6 Å². The van der Waals surface area contributed by atoms with Crippen LogP contribution in [-0.4, -0.2) is 30.4 Å². The molecule has 3 heterocycles. The number of nitrogens with one attached hydrogen (secondary N) is 1. The third-order valence-corrected chi connectivity index (χ3v) is 6.57. The first kappa shape index (κ1) is 21.1. The summed E-state index contributed by atoms with van der Waals surface area (Å²) in [7, 11) is 1.64. The quantitative estimate of drug-likeness (QED) is 0.381. The van der Waals surface area contributed by atoms with E-state index < -0.39 is 0 Å². The number of halogens is 1. The van der Waals surface area contributed by atoms with Gasteiger partial charge >= 0.3 is 0 Å². The molecular weight excluding hydrogens is 438 g/mol. The van der Waals surface area contributed by atoms with Crippen molar-refractivity contribution in [3.8, 4) is 5.75 Å². The minimum absolute atomic E-state index is 0.0255. The van der Waals surface area contributed by atoms with Crippen LogP contribution in [0.1, 0.15) is 27.5 Å². The fourth-order valence-electron chi connectivity index (χ4n) is 3.53. The van der Waals surface area contributed by atoms with Crippen LogP contribution >= 0.6 is 35.2 Å². The van der Waals surface area contributed by atoms with Crippen molar-refractivity contribution in [2.24, 2.45) is 0 Å². The molecule has 1 aliphatic heterocycles. The molecule has 8 heteroatoms. The molecule has 1 aromatic carbocycles. The molecule has 1 fully saturated rings. The Labute approximate surface area is 190 Å². The van der Waals surface area contributed by atoms with Crippen LogP contribution in [0.4, 0.5) is 5.69 Å². The number of hydrogen-bond donors (Lipinski definition) is 1. The molecule has 0 bridgehead atoms. The predicted molar refractivity (Wildman–Crippen MR) is 126 cm³/mol. The predicted octanol–water partition coefficient (Wildman–Crippen LogP) is 5.31. The number of nitrogens with zero attached hydrogens (tertiary/aromatic N) is 2. The highest BCUT2D eigenvalue weighted by molar-refractivity contribution is 7.80. The second-order valence-electron chi connectivity index (χ2n) is 6.90. The standard InChI is InChI=1S/C22H22ClN3O2S2/c1-14-6-9-19(30-14)21-20(17-5-3-4-10-24-17)25-22(29)26(21)15-7-8-18(16(23)13-15)28-12-11-27-2/h3-10,13,20-21H,11-12H2,1-2H3,(H,25,29). The highest BCUT2D eigenvalue weighted by atomic mass is 35.5. The van der Waals surface area contributed by atoms with Crippen molar-refractivity contribution in [1.29, 1.82) is 0 Å². The minimum Gasteiger partial charge on any atom is -0.490 e. The lowest BCUT2D eigenvalue weighted by Crippen LogP contribution is -2.29. The largest absolute Gasteiger partial charge is 0.490 e. The number of ether oxygens (including phenoxy) is 2. The Hall–Kier alpha value is -2.19. The highest BCUT2D eigenvalue weighted by Crippen LogP contribution is 2.44. The molecule has 0 spiro atoms. The van der Waals surface area contributed by atoms with Crippen molar-refractivity contribution in [3.63, 3.8) is 0 Å². The molecule has 1 aliphatic rings. The molecule has 2 unspecified atom stereocenters. The first-order valence-corrected chi connectivity index (χ1v) is 11.2. The molecule has 0 saturated carbocycles. The fourth-order valence-corrected chi connectivity index (χ4v) is 5.11. The number of aromatic nitrogens is 1. The maximum Gasteiger partial charge on any atom is 0.174 e. The second-order valence-corrected chi connectivity index (χ2v) is 9.01. The van der Waals surface area contributed by atoms with E-state index >= 15 is 0 Å². The van der Waals surface area contributed by atoms with E-state index in [4.69, 9.17) is 33.3 Å². The van der Waals surface area contributed by atoms with Gasteiger partial charge in [-0.25, -0.2) is 0 Å². The first-order chi connectivity index (χ1) is 14.6. The number of thiocarbonyl (C=S) groups is 1. The Morgan fingerprint density at radius 2 is 2.07 bits per heavy atom. The molecule has 2 atom stereocenters. The molecule has 156 valence electrons. The number of pyridine rings is 1. The summed E-state index contributed by atoms with van der Waals surface area (Å²) in [6.45, 7) is 3.06. The first-order valence-electron chi connectivity index (χ1n) is 9.57. The average molecular weight is 460 g/mol. The van der Waals surface area contributed by atoms with Gasteiger partial charge < -0.3 is 19.7 Å². The SMILES string of the molecule is COCCOc1ccc(N2C(=S)NC(c3ccccn3)C2c2ccc(C)s2)cc1Cl. The van der Waals surface area contributed by atoms with Gasteiger partial charge in [-0.3, -0.25) is 4.98 Å². The zero-order chi connectivity index (χ0) is 21.1. The van der Waals surface area contributed by atoms with Crippen LogP contribution in [-0.2, 0) is 4.74 Å². The molecule has 1 N–H and O–H groups in total. The maximum atomic E-state index is 6.52. The van der Waals surface area contributed by atoms with Gasteiger partial charge in [-0.2, -0.15) is 0 Å². The van der Waals surface area contributed by atoms with Gasteiger partial charge in [0.05, 0.1) is 29.4 Å². The summed E-state index contributed by atoms with van der Waals surface area (Å²) in [4.78, 5) is 9.16. The highest BCUT2D eigenvalue weighted by Gasteiger charge is 2.41. The number of benzene rings is 1. The van der Waals surface area contributed by atoms with Crippen molar-refractivity contribution < 1.29 is 9.47 Å². The molecule has 4 rings (SSSR count). The third kappa shape index (κ3) is 4.30. The summed E-state index contributed by atoms with van der Waals surface area (Å²) in [6, 6.07) is 15.9.